The summed E-state index contributed by atoms with van der Waals surface area (Å²) < 4.78 is 35.4. The van der Waals surface area contributed by atoms with E-state index in [4.69, 9.17) is 4.42 Å². The fraction of sp³-hybridized carbons (Fsp3) is 0.462. The number of benzene rings is 2. The summed E-state index contributed by atoms with van der Waals surface area (Å²) in [6.07, 6.45) is 5.53. The van der Waals surface area contributed by atoms with Crippen LogP contribution in [0.15, 0.2) is 62.6 Å². The molecule has 4 unspecified atom stereocenters. The number of fused-ring (bicyclic) bond motifs is 3. The number of carbonyl (C=O) groups excluding carboxylic acids is 1. The molecule has 9 heteroatoms. The number of nitrogens with one attached hydrogen (secondary N) is 2. The molecule has 2 aliphatic rings. The molecule has 0 radical (unpaired) electrons. The van der Waals surface area contributed by atoms with Gasteiger partial charge in [-0.1, -0.05) is 18.6 Å². The molecule has 3 aromatic rings. The van der Waals surface area contributed by atoms with Gasteiger partial charge >= 0.3 is 5.76 Å². The van der Waals surface area contributed by atoms with Gasteiger partial charge in [0.2, 0.25) is 15.9 Å². The van der Waals surface area contributed by atoms with Crippen molar-refractivity contribution in [2.75, 3.05) is 5.32 Å². The van der Waals surface area contributed by atoms with Crippen LogP contribution in [0.2, 0.25) is 0 Å². The molecule has 186 valence electrons. The first kappa shape index (κ1) is 23.8. The fourth-order valence-corrected chi connectivity index (χ4v) is 7.17. The van der Waals surface area contributed by atoms with Gasteiger partial charge < -0.3 is 9.73 Å². The molecule has 0 saturated heterocycles. The summed E-state index contributed by atoms with van der Waals surface area (Å²) in [4.78, 5) is 24.6. The van der Waals surface area contributed by atoms with Gasteiger partial charge in [0.25, 0.3) is 0 Å². The molecule has 0 spiro atoms. The maximum Gasteiger partial charge on any atom is 0.419 e. The molecule has 2 N–H and O–H groups in total. The lowest BCUT2D eigenvalue weighted by molar-refractivity contribution is -0.116. The zero-order chi connectivity index (χ0) is 24.6. The molecule has 2 aliphatic carbocycles. The standard InChI is InChI=1S/C26H31N3O5S/c1-17(22-16-18-8-9-19(22)15-18)28-35(32,33)21-12-10-20(11-13-21)27-25(30)7-4-14-29-23-5-2-3-6-24(23)34-26(29)31/h2-3,5-6,10-13,17-19,22,28H,4,7-9,14-16H2,1H3,(H,27,30). The SMILES string of the molecule is CC(NS(=O)(=O)c1ccc(NC(=O)CCCn2c(=O)oc3ccccc32)cc1)C1CC2CCC1C2. The van der Waals surface area contributed by atoms with Crippen molar-refractivity contribution in [3.63, 3.8) is 0 Å². The van der Waals surface area contributed by atoms with Crippen LogP contribution in [-0.4, -0.2) is 24.9 Å². The summed E-state index contributed by atoms with van der Waals surface area (Å²) in [7, 11) is -3.62. The van der Waals surface area contributed by atoms with Gasteiger partial charge in [0.15, 0.2) is 5.58 Å². The summed E-state index contributed by atoms with van der Waals surface area (Å²) >= 11 is 0. The monoisotopic (exact) mass is 497 g/mol. The van der Waals surface area contributed by atoms with Crippen LogP contribution in [0.3, 0.4) is 0 Å². The molecule has 2 fully saturated rings. The minimum atomic E-state index is -3.62. The Balaban J connectivity index is 1.13. The van der Waals surface area contributed by atoms with Crippen LogP contribution in [0, 0.1) is 17.8 Å². The first-order chi connectivity index (χ1) is 16.8. The van der Waals surface area contributed by atoms with Crippen molar-refractivity contribution in [1.82, 2.24) is 9.29 Å². The quantitative estimate of drug-likeness (QED) is 0.462. The highest BCUT2D eigenvalue weighted by molar-refractivity contribution is 7.89. The average molecular weight is 498 g/mol. The minimum Gasteiger partial charge on any atom is -0.408 e. The van der Waals surface area contributed by atoms with Gasteiger partial charge in [0.1, 0.15) is 0 Å². The zero-order valence-electron chi connectivity index (χ0n) is 19.8. The summed E-state index contributed by atoms with van der Waals surface area (Å²) in [5.74, 6) is 1.18. The van der Waals surface area contributed by atoms with Crippen molar-refractivity contribution >= 4 is 32.7 Å². The maximum atomic E-state index is 12.9. The number of aryl methyl sites for hydroxylation is 1. The Labute approximate surface area is 204 Å². The molecule has 1 heterocycles. The third kappa shape index (κ3) is 5.06. The molecule has 0 aliphatic heterocycles. The molecule has 2 aromatic carbocycles. The van der Waals surface area contributed by atoms with Crippen LogP contribution >= 0.6 is 0 Å². The maximum absolute atomic E-state index is 12.9. The third-order valence-electron chi connectivity index (χ3n) is 7.58. The average Bonchev–Trinajstić information content (AvgIpc) is 3.54. The highest BCUT2D eigenvalue weighted by atomic mass is 32.2. The lowest BCUT2D eigenvalue weighted by Gasteiger charge is -2.28. The molecule has 35 heavy (non-hydrogen) atoms. The highest BCUT2D eigenvalue weighted by Crippen LogP contribution is 2.49. The van der Waals surface area contributed by atoms with Gasteiger partial charge in [-0.15, -0.1) is 0 Å². The van der Waals surface area contributed by atoms with Gasteiger partial charge in [-0.3, -0.25) is 9.36 Å². The van der Waals surface area contributed by atoms with E-state index in [1.54, 1.807) is 24.3 Å². The van der Waals surface area contributed by atoms with E-state index in [1.165, 1.54) is 36.0 Å². The van der Waals surface area contributed by atoms with Gasteiger partial charge in [0, 0.05) is 24.7 Å². The van der Waals surface area contributed by atoms with Gasteiger partial charge in [0.05, 0.1) is 10.4 Å². The first-order valence-corrected chi connectivity index (χ1v) is 13.8. The van der Waals surface area contributed by atoms with Crippen molar-refractivity contribution in [1.29, 1.82) is 0 Å². The summed E-state index contributed by atoms with van der Waals surface area (Å²) in [5.41, 5.74) is 1.76. The number of nitrogens with zero attached hydrogens (tertiary/aromatic N) is 1. The Morgan fingerprint density at radius 1 is 1.11 bits per heavy atom. The van der Waals surface area contributed by atoms with Crippen molar-refractivity contribution < 1.29 is 17.6 Å². The number of amides is 1. The van der Waals surface area contributed by atoms with E-state index in [0.29, 0.717) is 41.6 Å². The molecule has 5 rings (SSSR count). The van der Waals surface area contributed by atoms with Crippen LogP contribution < -0.4 is 15.8 Å². The van der Waals surface area contributed by atoms with E-state index in [1.807, 2.05) is 19.1 Å². The lowest BCUT2D eigenvalue weighted by Crippen LogP contribution is -2.40. The largest absolute Gasteiger partial charge is 0.419 e. The van der Waals surface area contributed by atoms with Crippen molar-refractivity contribution in [2.24, 2.45) is 17.8 Å². The minimum absolute atomic E-state index is 0.0884. The predicted octanol–water partition coefficient (Wildman–Crippen LogP) is 4.12. The molecule has 2 bridgehead atoms. The van der Waals surface area contributed by atoms with E-state index in [0.717, 1.165) is 12.3 Å². The second-order valence-corrected chi connectivity index (χ2v) is 11.6. The smallest absolute Gasteiger partial charge is 0.408 e. The molecular formula is C26H31N3O5S. The Kier molecular flexibility index (Phi) is 6.55. The second-order valence-electron chi connectivity index (χ2n) is 9.91. The molecule has 1 aromatic heterocycles. The van der Waals surface area contributed by atoms with Crippen LogP contribution in [0.1, 0.15) is 45.4 Å². The number of hydrogen-bond acceptors (Lipinski definition) is 5. The van der Waals surface area contributed by atoms with E-state index in [2.05, 4.69) is 10.0 Å². The first-order valence-electron chi connectivity index (χ1n) is 12.3. The zero-order valence-corrected chi connectivity index (χ0v) is 20.6. The van der Waals surface area contributed by atoms with Crippen molar-refractivity contribution in [3.05, 3.63) is 59.1 Å². The van der Waals surface area contributed by atoms with Crippen LogP contribution in [0.4, 0.5) is 5.69 Å². The number of aromatic nitrogens is 1. The highest BCUT2D eigenvalue weighted by Gasteiger charge is 2.42. The van der Waals surface area contributed by atoms with E-state index in [9.17, 15) is 18.0 Å². The number of carbonyl (C=O) groups is 1. The van der Waals surface area contributed by atoms with E-state index in [-0.39, 0.29) is 23.3 Å². The third-order valence-corrected chi connectivity index (χ3v) is 9.16. The number of rotatable bonds is 9. The molecule has 4 atom stereocenters. The van der Waals surface area contributed by atoms with Crippen LogP contribution in [0.25, 0.3) is 11.1 Å². The summed E-state index contributed by atoms with van der Waals surface area (Å²) in [6.45, 7) is 2.34. The lowest BCUT2D eigenvalue weighted by atomic mass is 9.84. The van der Waals surface area contributed by atoms with Crippen LogP contribution in [0.5, 0.6) is 0 Å². The van der Waals surface area contributed by atoms with Crippen molar-refractivity contribution in [2.45, 2.75) is 62.9 Å². The fourth-order valence-electron chi connectivity index (χ4n) is 5.87. The Morgan fingerprint density at radius 2 is 1.89 bits per heavy atom. The normalized spacial score (nSPS) is 22.5. The Morgan fingerprint density at radius 3 is 2.60 bits per heavy atom. The van der Waals surface area contributed by atoms with E-state index < -0.39 is 15.8 Å². The van der Waals surface area contributed by atoms with Gasteiger partial charge in [-0.05, 0) is 86.8 Å². The summed E-state index contributed by atoms with van der Waals surface area (Å²) in [6, 6.07) is 13.3. The predicted molar refractivity (Wildman–Crippen MR) is 134 cm³/mol. The second kappa shape index (κ2) is 9.62. The molecule has 8 nitrogen and oxygen atoms in total. The summed E-state index contributed by atoms with van der Waals surface area (Å²) in [5, 5.41) is 2.79. The molecule has 1 amide bonds. The number of hydrogen-bond donors (Lipinski definition) is 2. The Bertz CT molecular complexity index is 1380. The van der Waals surface area contributed by atoms with Gasteiger partial charge in [-0.2, -0.15) is 0 Å². The topological polar surface area (TPSA) is 110 Å². The van der Waals surface area contributed by atoms with Crippen molar-refractivity contribution in [3.8, 4) is 0 Å². The number of oxazole rings is 1. The van der Waals surface area contributed by atoms with Gasteiger partial charge in [-0.25, -0.2) is 17.9 Å². The number of anilines is 1. The molecule has 2 saturated carbocycles. The van der Waals surface area contributed by atoms with E-state index >= 15 is 0 Å². The number of sulfonamides is 1. The number of para-hydroxylation sites is 2. The van der Waals surface area contributed by atoms with Crippen LogP contribution in [-0.2, 0) is 21.4 Å². The Hall–Kier alpha value is -2.91. The molecular weight excluding hydrogens is 466 g/mol.